The van der Waals surface area contributed by atoms with Crippen LogP contribution in [0.3, 0.4) is 0 Å². The van der Waals surface area contributed by atoms with E-state index in [4.69, 9.17) is 10.00 Å². The monoisotopic (exact) mass is 411 g/mol. The van der Waals surface area contributed by atoms with Gasteiger partial charge in [-0.1, -0.05) is 13.0 Å². The zero-order chi connectivity index (χ0) is 21.9. The van der Waals surface area contributed by atoms with Crippen molar-refractivity contribution in [2.45, 2.75) is 19.9 Å². The molecule has 0 fully saturated rings. The van der Waals surface area contributed by atoms with Crippen molar-refractivity contribution in [2.75, 3.05) is 38.7 Å². The van der Waals surface area contributed by atoms with E-state index in [1.807, 2.05) is 42.9 Å². The third kappa shape index (κ3) is 6.64. The van der Waals surface area contributed by atoms with Crippen LogP contribution in [0.5, 0.6) is 0 Å². The van der Waals surface area contributed by atoms with Gasteiger partial charge in [-0.05, 0) is 36.8 Å². The fourth-order valence-corrected chi connectivity index (χ4v) is 3.00. The van der Waals surface area contributed by atoms with E-state index in [0.717, 1.165) is 12.1 Å². The van der Waals surface area contributed by atoms with Crippen molar-refractivity contribution in [2.24, 2.45) is 7.05 Å². The molecule has 0 saturated carbocycles. The number of hydrogen-bond donors (Lipinski definition) is 1. The Morgan fingerprint density at radius 2 is 2.00 bits per heavy atom. The Kier molecular flexibility index (Phi) is 8.91. The van der Waals surface area contributed by atoms with Crippen LogP contribution in [0.4, 0.5) is 10.5 Å². The Hall–Kier alpha value is -3.31. The number of hydrogen-bond acceptors (Lipinski definition) is 4. The van der Waals surface area contributed by atoms with Crippen LogP contribution in [0, 0.1) is 11.3 Å². The summed E-state index contributed by atoms with van der Waals surface area (Å²) in [7, 11) is 3.53. The van der Waals surface area contributed by atoms with Gasteiger partial charge >= 0.3 is 6.03 Å². The molecule has 2 rings (SSSR count). The molecular weight excluding hydrogens is 382 g/mol. The van der Waals surface area contributed by atoms with Crippen LogP contribution in [0.1, 0.15) is 24.6 Å². The predicted octanol–water partition coefficient (Wildman–Crippen LogP) is 2.82. The molecule has 1 aromatic heterocycles. The number of aromatic nitrogens is 1. The third-order valence-electron chi connectivity index (χ3n) is 4.67. The fourth-order valence-electron chi connectivity index (χ4n) is 3.00. The van der Waals surface area contributed by atoms with E-state index in [9.17, 15) is 9.59 Å². The number of carbonyl (C=O) groups excluding carboxylic acids is 2. The summed E-state index contributed by atoms with van der Waals surface area (Å²) in [5.41, 5.74) is 1.98. The maximum absolute atomic E-state index is 13.0. The minimum Gasteiger partial charge on any atom is -0.383 e. The summed E-state index contributed by atoms with van der Waals surface area (Å²) < 4.78 is 7.12. The number of nitrogens with one attached hydrogen (secondary N) is 1. The SMILES string of the molecule is CCCN(CC(=O)N(CCOC)Cc1cccn1C)C(=O)Nc1cccc(C#N)c1. The number of methoxy groups -OCH3 is 1. The molecule has 0 aliphatic rings. The number of ether oxygens (including phenoxy) is 1. The summed E-state index contributed by atoms with van der Waals surface area (Å²) in [5.74, 6) is -0.150. The Morgan fingerprint density at radius 1 is 1.20 bits per heavy atom. The lowest BCUT2D eigenvalue weighted by Crippen LogP contribution is -2.45. The molecule has 1 heterocycles. The van der Waals surface area contributed by atoms with Crippen molar-refractivity contribution in [1.82, 2.24) is 14.4 Å². The van der Waals surface area contributed by atoms with Crippen LogP contribution in [0.2, 0.25) is 0 Å². The van der Waals surface area contributed by atoms with Crippen molar-refractivity contribution in [3.05, 3.63) is 53.9 Å². The average Bonchev–Trinajstić information content (AvgIpc) is 3.15. The van der Waals surface area contributed by atoms with Gasteiger partial charge in [-0.15, -0.1) is 0 Å². The van der Waals surface area contributed by atoms with Gasteiger partial charge in [0.25, 0.3) is 0 Å². The molecule has 0 unspecified atom stereocenters. The lowest BCUT2D eigenvalue weighted by molar-refractivity contribution is -0.133. The second-order valence-corrected chi connectivity index (χ2v) is 6.96. The van der Waals surface area contributed by atoms with Gasteiger partial charge in [-0.25, -0.2) is 4.79 Å². The molecule has 160 valence electrons. The molecule has 8 heteroatoms. The molecule has 3 amide bonds. The smallest absolute Gasteiger partial charge is 0.322 e. The number of anilines is 1. The van der Waals surface area contributed by atoms with Gasteiger partial charge in [-0.2, -0.15) is 5.26 Å². The molecule has 30 heavy (non-hydrogen) atoms. The van der Waals surface area contributed by atoms with Gasteiger partial charge in [-0.3, -0.25) is 4.79 Å². The van der Waals surface area contributed by atoms with Crippen LogP contribution in [-0.2, 0) is 23.1 Å². The number of aryl methyl sites for hydroxylation is 1. The number of benzene rings is 1. The van der Waals surface area contributed by atoms with Crippen LogP contribution in [-0.4, -0.2) is 59.7 Å². The maximum atomic E-state index is 13.0. The minimum atomic E-state index is -0.370. The van der Waals surface area contributed by atoms with Crippen LogP contribution >= 0.6 is 0 Å². The van der Waals surface area contributed by atoms with Gasteiger partial charge < -0.3 is 24.4 Å². The summed E-state index contributed by atoms with van der Waals surface area (Å²) in [4.78, 5) is 29.0. The lowest BCUT2D eigenvalue weighted by Gasteiger charge is -2.27. The maximum Gasteiger partial charge on any atom is 0.322 e. The van der Waals surface area contributed by atoms with Crippen molar-refractivity contribution in [3.8, 4) is 6.07 Å². The predicted molar refractivity (Wildman–Crippen MR) is 115 cm³/mol. The Morgan fingerprint density at radius 3 is 2.63 bits per heavy atom. The summed E-state index contributed by atoms with van der Waals surface area (Å²) in [5, 5.41) is 11.8. The molecule has 0 saturated heterocycles. The number of urea groups is 1. The van der Waals surface area contributed by atoms with Crippen LogP contribution in [0.25, 0.3) is 0 Å². The third-order valence-corrected chi connectivity index (χ3v) is 4.67. The largest absolute Gasteiger partial charge is 0.383 e. The molecule has 1 aromatic carbocycles. The van der Waals surface area contributed by atoms with Gasteiger partial charge in [0.15, 0.2) is 0 Å². The van der Waals surface area contributed by atoms with Crippen molar-refractivity contribution in [3.63, 3.8) is 0 Å². The zero-order valence-electron chi connectivity index (χ0n) is 17.8. The quantitative estimate of drug-likeness (QED) is 0.651. The fraction of sp³-hybridized carbons (Fsp3) is 0.409. The first-order valence-electron chi connectivity index (χ1n) is 9.91. The number of rotatable bonds is 10. The molecule has 0 aliphatic heterocycles. The Bertz CT molecular complexity index is 887. The molecule has 2 aromatic rings. The van der Waals surface area contributed by atoms with Gasteiger partial charge in [0.05, 0.1) is 24.8 Å². The van der Waals surface area contributed by atoms with E-state index >= 15 is 0 Å². The van der Waals surface area contributed by atoms with Gasteiger partial charge in [0.1, 0.15) is 6.54 Å². The molecule has 0 bridgehead atoms. The van der Waals surface area contributed by atoms with E-state index in [0.29, 0.717) is 37.5 Å². The molecule has 8 nitrogen and oxygen atoms in total. The highest BCUT2D eigenvalue weighted by Crippen LogP contribution is 2.12. The molecule has 0 radical (unpaired) electrons. The number of amides is 3. The minimum absolute atomic E-state index is 0.0360. The summed E-state index contributed by atoms with van der Waals surface area (Å²) in [6, 6.07) is 12.3. The normalized spacial score (nSPS) is 10.3. The highest BCUT2D eigenvalue weighted by atomic mass is 16.5. The van der Waals surface area contributed by atoms with Gasteiger partial charge in [0.2, 0.25) is 5.91 Å². The first kappa shape index (κ1) is 23.0. The highest BCUT2D eigenvalue weighted by Gasteiger charge is 2.21. The van der Waals surface area contributed by atoms with E-state index in [1.165, 1.54) is 4.90 Å². The summed E-state index contributed by atoms with van der Waals surface area (Å²) >= 11 is 0. The number of nitriles is 1. The Labute approximate surface area is 177 Å². The molecule has 0 spiro atoms. The average molecular weight is 412 g/mol. The van der Waals surface area contributed by atoms with Crippen molar-refractivity contribution >= 4 is 17.6 Å². The highest BCUT2D eigenvalue weighted by molar-refractivity contribution is 5.92. The van der Waals surface area contributed by atoms with E-state index in [-0.39, 0.29) is 18.5 Å². The van der Waals surface area contributed by atoms with E-state index < -0.39 is 0 Å². The molecule has 0 aliphatic carbocycles. The first-order valence-corrected chi connectivity index (χ1v) is 9.91. The molecule has 0 atom stereocenters. The zero-order valence-corrected chi connectivity index (χ0v) is 17.8. The van der Waals surface area contributed by atoms with E-state index in [2.05, 4.69) is 5.32 Å². The van der Waals surface area contributed by atoms with E-state index in [1.54, 1.807) is 36.3 Å². The van der Waals surface area contributed by atoms with Crippen LogP contribution < -0.4 is 5.32 Å². The topological polar surface area (TPSA) is 90.6 Å². The lowest BCUT2D eigenvalue weighted by atomic mass is 10.2. The second kappa shape index (κ2) is 11.6. The molecule has 1 N–H and O–H groups in total. The first-order chi connectivity index (χ1) is 14.5. The van der Waals surface area contributed by atoms with Crippen molar-refractivity contribution < 1.29 is 14.3 Å². The number of carbonyl (C=O) groups is 2. The molecular formula is C22H29N5O3. The van der Waals surface area contributed by atoms with Crippen LogP contribution in [0.15, 0.2) is 42.6 Å². The van der Waals surface area contributed by atoms with Gasteiger partial charge in [0, 0.05) is 44.8 Å². The van der Waals surface area contributed by atoms with Crippen molar-refractivity contribution in [1.29, 1.82) is 5.26 Å². The summed E-state index contributed by atoms with van der Waals surface area (Å²) in [6.07, 6.45) is 2.65. The standard InChI is InChI=1S/C22H29N5O3/c1-4-10-27(22(29)24-19-8-5-7-18(14-19)15-23)17-21(28)26(12-13-30-3)16-20-9-6-11-25(20)2/h5-9,11,14H,4,10,12-13,16-17H2,1-3H3,(H,24,29). The summed E-state index contributed by atoms with van der Waals surface area (Å²) in [6.45, 7) is 3.65. The second-order valence-electron chi connectivity index (χ2n) is 6.96. The Balaban J connectivity index is 2.09. The number of nitrogens with zero attached hydrogens (tertiary/aromatic N) is 4.